The molecular formula is C22H22N2O4S. The first kappa shape index (κ1) is 20.6. The van der Waals surface area contributed by atoms with Crippen LogP contribution in [0.4, 0.5) is 5.69 Å². The van der Waals surface area contributed by atoms with Gasteiger partial charge in [0.05, 0.1) is 0 Å². The number of thiocarbonyl (C=S) groups is 1. The van der Waals surface area contributed by atoms with Crippen LogP contribution in [-0.4, -0.2) is 22.7 Å². The van der Waals surface area contributed by atoms with E-state index in [1.807, 2.05) is 62.4 Å². The van der Waals surface area contributed by atoms with Gasteiger partial charge in [-0.25, -0.2) is 0 Å². The highest BCUT2D eigenvalue weighted by atomic mass is 32.1. The molecule has 1 heterocycles. The molecule has 0 aliphatic rings. The fourth-order valence-electron chi connectivity index (χ4n) is 2.81. The number of amides is 1. The highest BCUT2D eigenvalue weighted by molar-refractivity contribution is 7.80. The molecule has 3 N–H and O–H groups in total. The molecule has 0 atom stereocenters. The monoisotopic (exact) mass is 410 g/mol. The summed E-state index contributed by atoms with van der Waals surface area (Å²) in [5, 5.41) is 14.9. The summed E-state index contributed by atoms with van der Waals surface area (Å²) in [6, 6.07) is 16.7. The number of hydrogen-bond acceptors (Lipinski definition) is 5. The first-order chi connectivity index (χ1) is 14.0. The number of aliphatic hydroxyl groups excluding tert-OH is 1. The molecule has 0 spiro atoms. The number of benzene rings is 2. The van der Waals surface area contributed by atoms with Gasteiger partial charge in [0.25, 0.3) is 5.91 Å². The molecule has 1 amide bonds. The zero-order valence-electron chi connectivity index (χ0n) is 16.2. The van der Waals surface area contributed by atoms with Gasteiger partial charge in [-0.1, -0.05) is 18.2 Å². The van der Waals surface area contributed by atoms with E-state index in [0.717, 1.165) is 22.4 Å². The molecule has 0 saturated heterocycles. The fraction of sp³-hybridized carbons (Fsp3) is 0.182. The second-order valence-corrected chi connectivity index (χ2v) is 6.92. The molecule has 0 saturated carbocycles. The van der Waals surface area contributed by atoms with Gasteiger partial charge < -0.3 is 19.6 Å². The highest BCUT2D eigenvalue weighted by Gasteiger charge is 2.10. The lowest BCUT2D eigenvalue weighted by Gasteiger charge is -2.12. The van der Waals surface area contributed by atoms with Crippen molar-refractivity contribution < 1.29 is 19.1 Å². The van der Waals surface area contributed by atoms with E-state index < -0.39 is 0 Å². The number of carbonyl (C=O) groups excluding carboxylic acids is 1. The number of hydrogen-bond donors (Lipinski definition) is 3. The lowest BCUT2D eigenvalue weighted by molar-refractivity contribution is -0.121. The highest BCUT2D eigenvalue weighted by Crippen LogP contribution is 2.27. The van der Waals surface area contributed by atoms with Crippen LogP contribution in [-0.2, 0) is 11.4 Å². The van der Waals surface area contributed by atoms with E-state index >= 15 is 0 Å². The number of aryl methyl sites for hydroxylation is 2. The fourth-order valence-corrected chi connectivity index (χ4v) is 3.04. The molecule has 0 bridgehead atoms. The van der Waals surface area contributed by atoms with E-state index in [-0.39, 0.29) is 24.2 Å². The average Bonchev–Trinajstić information content (AvgIpc) is 3.16. The van der Waals surface area contributed by atoms with Gasteiger partial charge in [0.2, 0.25) is 0 Å². The lowest BCUT2D eigenvalue weighted by atomic mass is 10.1. The van der Waals surface area contributed by atoms with E-state index in [0.29, 0.717) is 17.3 Å². The average molecular weight is 410 g/mol. The number of nitrogens with one attached hydrogen (secondary N) is 2. The van der Waals surface area contributed by atoms with E-state index in [1.165, 1.54) is 0 Å². The number of furan rings is 1. The Morgan fingerprint density at radius 1 is 1.10 bits per heavy atom. The van der Waals surface area contributed by atoms with Gasteiger partial charge in [0, 0.05) is 11.3 Å². The summed E-state index contributed by atoms with van der Waals surface area (Å²) in [7, 11) is 0. The molecule has 1 aromatic heterocycles. The van der Waals surface area contributed by atoms with Gasteiger partial charge in [-0.15, -0.1) is 0 Å². The molecule has 3 aromatic rings. The van der Waals surface area contributed by atoms with Crippen molar-refractivity contribution in [1.82, 2.24) is 5.32 Å². The minimum absolute atomic E-state index is 0.129. The summed E-state index contributed by atoms with van der Waals surface area (Å²) in [5.41, 5.74) is 3.58. The standard InChI is InChI=1S/C22H22N2O4S/c1-14-5-3-4-6-19(14)27-13-21(26)24-22(29)23-16-7-9-18(15(2)11-16)20-10-8-17(12-25)28-20/h3-11,25H,12-13H2,1-2H3,(H2,23,24,26,29). The van der Waals surface area contributed by atoms with Crippen LogP contribution in [0.15, 0.2) is 59.0 Å². The molecule has 2 aromatic carbocycles. The Morgan fingerprint density at radius 3 is 2.59 bits per heavy atom. The third-order valence-electron chi connectivity index (χ3n) is 4.27. The molecule has 7 heteroatoms. The van der Waals surface area contributed by atoms with Gasteiger partial charge in [0.15, 0.2) is 11.7 Å². The Hall–Kier alpha value is -3.16. The van der Waals surface area contributed by atoms with Gasteiger partial charge >= 0.3 is 0 Å². The molecule has 150 valence electrons. The minimum Gasteiger partial charge on any atom is -0.483 e. The van der Waals surface area contributed by atoms with Crippen LogP contribution in [0.3, 0.4) is 0 Å². The number of ether oxygens (including phenoxy) is 1. The maximum Gasteiger partial charge on any atom is 0.264 e. The maximum atomic E-state index is 12.1. The normalized spacial score (nSPS) is 10.4. The van der Waals surface area contributed by atoms with Crippen LogP contribution in [0.2, 0.25) is 0 Å². The molecular weight excluding hydrogens is 388 g/mol. The van der Waals surface area contributed by atoms with Crippen molar-refractivity contribution in [3.05, 3.63) is 71.5 Å². The lowest BCUT2D eigenvalue weighted by Crippen LogP contribution is -2.37. The summed E-state index contributed by atoms with van der Waals surface area (Å²) in [6.07, 6.45) is 0. The Bertz CT molecular complexity index is 1030. The predicted molar refractivity (Wildman–Crippen MR) is 116 cm³/mol. The van der Waals surface area contributed by atoms with Crippen molar-refractivity contribution in [2.45, 2.75) is 20.5 Å². The minimum atomic E-state index is -0.341. The zero-order chi connectivity index (χ0) is 20.8. The van der Waals surface area contributed by atoms with Crippen molar-refractivity contribution in [2.24, 2.45) is 0 Å². The number of rotatable bonds is 6. The van der Waals surface area contributed by atoms with Gasteiger partial charge in [0.1, 0.15) is 23.9 Å². The predicted octanol–water partition coefficient (Wildman–Crippen LogP) is 3.95. The van der Waals surface area contributed by atoms with Crippen LogP contribution >= 0.6 is 12.2 Å². The first-order valence-electron chi connectivity index (χ1n) is 9.06. The summed E-state index contributed by atoms with van der Waals surface area (Å²) >= 11 is 5.21. The number of anilines is 1. The Kier molecular flexibility index (Phi) is 6.64. The molecule has 0 aliphatic carbocycles. The van der Waals surface area contributed by atoms with E-state index in [1.54, 1.807) is 6.07 Å². The molecule has 0 fully saturated rings. The molecule has 29 heavy (non-hydrogen) atoms. The Balaban J connectivity index is 1.55. The molecule has 0 aliphatic heterocycles. The smallest absolute Gasteiger partial charge is 0.264 e. The van der Waals surface area contributed by atoms with Gasteiger partial charge in [-0.05, 0) is 73.6 Å². The van der Waals surface area contributed by atoms with E-state index in [9.17, 15) is 4.79 Å². The molecule has 0 radical (unpaired) electrons. The SMILES string of the molecule is Cc1ccccc1OCC(=O)NC(=S)Nc1ccc(-c2ccc(CO)o2)c(C)c1. The maximum absolute atomic E-state index is 12.1. The van der Waals surface area contributed by atoms with Crippen molar-refractivity contribution in [1.29, 1.82) is 0 Å². The van der Waals surface area contributed by atoms with Crippen molar-refractivity contribution in [3.63, 3.8) is 0 Å². The second-order valence-electron chi connectivity index (χ2n) is 6.51. The molecule has 6 nitrogen and oxygen atoms in total. The summed E-state index contributed by atoms with van der Waals surface area (Å²) < 4.78 is 11.1. The van der Waals surface area contributed by atoms with Crippen LogP contribution in [0.25, 0.3) is 11.3 Å². The van der Waals surface area contributed by atoms with Crippen molar-refractivity contribution >= 4 is 28.9 Å². The second kappa shape index (κ2) is 9.36. The van der Waals surface area contributed by atoms with Crippen molar-refractivity contribution in [2.75, 3.05) is 11.9 Å². The third kappa shape index (κ3) is 5.43. The Labute approximate surface area is 174 Å². The topological polar surface area (TPSA) is 83.7 Å². The zero-order valence-corrected chi connectivity index (χ0v) is 17.0. The largest absolute Gasteiger partial charge is 0.483 e. The third-order valence-corrected chi connectivity index (χ3v) is 4.48. The quantitative estimate of drug-likeness (QED) is 0.534. The van der Waals surface area contributed by atoms with Crippen molar-refractivity contribution in [3.8, 4) is 17.1 Å². The first-order valence-corrected chi connectivity index (χ1v) is 9.47. The summed E-state index contributed by atoms with van der Waals surface area (Å²) in [4.78, 5) is 12.1. The van der Waals surface area contributed by atoms with Crippen LogP contribution in [0, 0.1) is 13.8 Å². The van der Waals surface area contributed by atoms with E-state index in [4.69, 9.17) is 26.5 Å². The van der Waals surface area contributed by atoms with Crippen LogP contribution in [0.1, 0.15) is 16.9 Å². The molecule has 0 unspecified atom stereocenters. The number of para-hydroxylation sites is 1. The van der Waals surface area contributed by atoms with Crippen LogP contribution < -0.4 is 15.4 Å². The van der Waals surface area contributed by atoms with Crippen LogP contribution in [0.5, 0.6) is 5.75 Å². The molecule has 3 rings (SSSR count). The van der Waals surface area contributed by atoms with E-state index in [2.05, 4.69) is 10.6 Å². The number of aliphatic hydroxyl groups is 1. The number of carbonyl (C=O) groups is 1. The van der Waals surface area contributed by atoms with Gasteiger partial charge in [-0.3, -0.25) is 10.1 Å². The Morgan fingerprint density at radius 2 is 1.90 bits per heavy atom. The van der Waals surface area contributed by atoms with Gasteiger partial charge in [-0.2, -0.15) is 0 Å². The summed E-state index contributed by atoms with van der Waals surface area (Å²) in [6.45, 7) is 3.59. The summed E-state index contributed by atoms with van der Waals surface area (Å²) in [5.74, 6) is 1.52.